The standard InChI is InChI=1S/C15H23N3O/c1-3-12(10-19)9-16-7-6-13-4-5-14-15(8-13)18-11(2)17-14/h4-5,8,12,16,19H,3,6-7,9-10H2,1-2H3,(H,17,18). The Kier molecular flexibility index (Phi) is 4.93. The predicted molar refractivity (Wildman–Crippen MR) is 78.3 cm³/mol. The second-order valence-corrected chi connectivity index (χ2v) is 5.08. The zero-order valence-electron chi connectivity index (χ0n) is 11.7. The van der Waals surface area contributed by atoms with Crippen LogP contribution in [0.15, 0.2) is 18.2 Å². The highest BCUT2D eigenvalue weighted by Crippen LogP contribution is 2.13. The molecule has 0 radical (unpaired) electrons. The minimum absolute atomic E-state index is 0.267. The number of rotatable bonds is 7. The van der Waals surface area contributed by atoms with Gasteiger partial charge in [-0.3, -0.25) is 0 Å². The number of fused-ring (bicyclic) bond motifs is 1. The number of hydrogen-bond acceptors (Lipinski definition) is 3. The Morgan fingerprint density at radius 1 is 1.42 bits per heavy atom. The second kappa shape index (κ2) is 6.68. The van der Waals surface area contributed by atoms with E-state index in [-0.39, 0.29) is 6.61 Å². The quantitative estimate of drug-likeness (QED) is 0.668. The van der Waals surface area contributed by atoms with E-state index in [1.54, 1.807) is 0 Å². The molecule has 2 rings (SSSR count). The lowest BCUT2D eigenvalue weighted by molar-refractivity contribution is 0.219. The third kappa shape index (κ3) is 3.78. The van der Waals surface area contributed by atoms with E-state index >= 15 is 0 Å². The van der Waals surface area contributed by atoms with Gasteiger partial charge in [-0.2, -0.15) is 0 Å². The van der Waals surface area contributed by atoms with Crippen LogP contribution in [0.4, 0.5) is 0 Å². The lowest BCUT2D eigenvalue weighted by Crippen LogP contribution is -2.26. The molecule has 0 aliphatic heterocycles. The largest absolute Gasteiger partial charge is 0.396 e. The molecule has 3 N–H and O–H groups in total. The number of aliphatic hydroxyl groups excluding tert-OH is 1. The normalized spacial score (nSPS) is 13.0. The van der Waals surface area contributed by atoms with E-state index < -0.39 is 0 Å². The zero-order chi connectivity index (χ0) is 13.7. The summed E-state index contributed by atoms with van der Waals surface area (Å²) in [5.41, 5.74) is 3.44. The van der Waals surface area contributed by atoms with Crippen LogP contribution in [0.1, 0.15) is 24.7 Å². The molecule has 1 heterocycles. The van der Waals surface area contributed by atoms with Gasteiger partial charge in [0.05, 0.1) is 11.0 Å². The van der Waals surface area contributed by atoms with E-state index in [4.69, 9.17) is 5.11 Å². The lowest BCUT2D eigenvalue weighted by atomic mass is 10.1. The van der Waals surface area contributed by atoms with Crippen LogP contribution in [-0.2, 0) is 6.42 Å². The Bertz CT molecular complexity index is 517. The van der Waals surface area contributed by atoms with Gasteiger partial charge in [0.2, 0.25) is 0 Å². The van der Waals surface area contributed by atoms with Crippen molar-refractivity contribution in [3.05, 3.63) is 29.6 Å². The molecule has 0 spiro atoms. The number of imidazole rings is 1. The van der Waals surface area contributed by atoms with Crippen LogP contribution in [0.25, 0.3) is 11.0 Å². The molecule has 4 heteroatoms. The van der Waals surface area contributed by atoms with Crippen LogP contribution in [0, 0.1) is 12.8 Å². The number of benzene rings is 1. The zero-order valence-corrected chi connectivity index (χ0v) is 11.7. The van der Waals surface area contributed by atoms with Crippen molar-refractivity contribution in [2.24, 2.45) is 5.92 Å². The highest BCUT2D eigenvalue weighted by molar-refractivity contribution is 5.75. The van der Waals surface area contributed by atoms with Crippen LogP contribution < -0.4 is 5.32 Å². The minimum Gasteiger partial charge on any atom is -0.396 e. The molecule has 2 aromatic rings. The summed E-state index contributed by atoms with van der Waals surface area (Å²) in [6.45, 7) is 6.18. The second-order valence-electron chi connectivity index (χ2n) is 5.08. The lowest BCUT2D eigenvalue weighted by Gasteiger charge is -2.12. The van der Waals surface area contributed by atoms with Crippen molar-refractivity contribution < 1.29 is 5.11 Å². The fourth-order valence-corrected chi connectivity index (χ4v) is 2.22. The Labute approximate surface area is 114 Å². The first-order chi connectivity index (χ1) is 9.22. The average Bonchev–Trinajstić information content (AvgIpc) is 2.78. The SMILES string of the molecule is CCC(CO)CNCCc1ccc2nc(C)[nH]c2c1. The summed E-state index contributed by atoms with van der Waals surface area (Å²) in [7, 11) is 0. The summed E-state index contributed by atoms with van der Waals surface area (Å²) >= 11 is 0. The molecule has 0 amide bonds. The van der Waals surface area contributed by atoms with E-state index in [2.05, 4.69) is 40.4 Å². The Balaban J connectivity index is 1.84. The van der Waals surface area contributed by atoms with Crippen molar-refractivity contribution in [2.75, 3.05) is 19.7 Å². The molecule has 1 unspecified atom stereocenters. The predicted octanol–water partition coefficient (Wildman–Crippen LogP) is 2.02. The topological polar surface area (TPSA) is 60.9 Å². The van der Waals surface area contributed by atoms with Gasteiger partial charge in [0, 0.05) is 13.2 Å². The van der Waals surface area contributed by atoms with Gasteiger partial charge in [-0.1, -0.05) is 13.0 Å². The van der Waals surface area contributed by atoms with Crippen molar-refractivity contribution in [1.29, 1.82) is 0 Å². The van der Waals surface area contributed by atoms with Gasteiger partial charge in [0.15, 0.2) is 0 Å². The summed E-state index contributed by atoms with van der Waals surface area (Å²) in [5.74, 6) is 1.33. The smallest absolute Gasteiger partial charge is 0.104 e. The molecule has 19 heavy (non-hydrogen) atoms. The van der Waals surface area contributed by atoms with Crippen molar-refractivity contribution in [2.45, 2.75) is 26.7 Å². The Morgan fingerprint density at radius 3 is 3.00 bits per heavy atom. The van der Waals surface area contributed by atoms with Gasteiger partial charge in [-0.05, 0) is 49.9 Å². The summed E-state index contributed by atoms with van der Waals surface area (Å²) in [6, 6.07) is 6.37. The molecule has 0 aliphatic carbocycles. The summed E-state index contributed by atoms with van der Waals surface area (Å²) < 4.78 is 0. The van der Waals surface area contributed by atoms with Crippen molar-refractivity contribution in [1.82, 2.24) is 15.3 Å². The van der Waals surface area contributed by atoms with Crippen LogP contribution >= 0.6 is 0 Å². The molecular weight excluding hydrogens is 238 g/mol. The molecule has 0 saturated heterocycles. The van der Waals surface area contributed by atoms with Gasteiger partial charge in [0.25, 0.3) is 0 Å². The summed E-state index contributed by atoms with van der Waals surface area (Å²) in [5, 5.41) is 12.5. The fraction of sp³-hybridized carbons (Fsp3) is 0.533. The first-order valence-corrected chi connectivity index (χ1v) is 6.99. The monoisotopic (exact) mass is 261 g/mol. The fourth-order valence-electron chi connectivity index (χ4n) is 2.22. The molecule has 4 nitrogen and oxygen atoms in total. The maximum Gasteiger partial charge on any atom is 0.104 e. The molecule has 0 saturated carbocycles. The number of nitrogens with zero attached hydrogens (tertiary/aromatic N) is 1. The summed E-state index contributed by atoms with van der Waals surface area (Å²) in [4.78, 5) is 7.66. The number of aromatic nitrogens is 2. The number of nitrogens with one attached hydrogen (secondary N) is 2. The van der Waals surface area contributed by atoms with Crippen LogP contribution in [0.3, 0.4) is 0 Å². The first-order valence-electron chi connectivity index (χ1n) is 6.99. The third-order valence-corrected chi connectivity index (χ3v) is 3.52. The Morgan fingerprint density at radius 2 is 2.26 bits per heavy atom. The van der Waals surface area contributed by atoms with Crippen molar-refractivity contribution >= 4 is 11.0 Å². The Hall–Kier alpha value is -1.39. The van der Waals surface area contributed by atoms with E-state index in [1.165, 1.54) is 5.56 Å². The van der Waals surface area contributed by atoms with E-state index in [1.807, 2.05) is 6.92 Å². The number of H-pyrrole nitrogens is 1. The van der Waals surface area contributed by atoms with Gasteiger partial charge in [-0.25, -0.2) is 4.98 Å². The molecule has 1 atom stereocenters. The van der Waals surface area contributed by atoms with Gasteiger partial charge in [0.1, 0.15) is 5.82 Å². The number of aromatic amines is 1. The van der Waals surface area contributed by atoms with Gasteiger partial charge in [-0.15, -0.1) is 0 Å². The molecule has 0 bridgehead atoms. The first kappa shape index (κ1) is 14.0. The number of hydrogen-bond donors (Lipinski definition) is 3. The average molecular weight is 261 g/mol. The maximum atomic E-state index is 9.11. The van der Waals surface area contributed by atoms with Crippen molar-refractivity contribution in [3.63, 3.8) is 0 Å². The molecule has 104 valence electrons. The van der Waals surface area contributed by atoms with Gasteiger partial charge >= 0.3 is 0 Å². The molecule has 0 fully saturated rings. The molecular formula is C15H23N3O. The number of aliphatic hydroxyl groups is 1. The van der Waals surface area contributed by atoms with Crippen LogP contribution in [0.2, 0.25) is 0 Å². The highest BCUT2D eigenvalue weighted by atomic mass is 16.3. The third-order valence-electron chi connectivity index (χ3n) is 3.52. The van der Waals surface area contributed by atoms with E-state index in [0.29, 0.717) is 5.92 Å². The van der Waals surface area contributed by atoms with Gasteiger partial charge < -0.3 is 15.4 Å². The van der Waals surface area contributed by atoms with Crippen LogP contribution in [0.5, 0.6) is 0 Å². The molecule has 1 aromatic heterocycles. The summed E-state index contributed by atoms with van der Waals surface area (Å²) in [6.07, 6.45) is 2.01. The molecule has 1 aromatic carbocycles. The van der Waals surface area contributed by atoms with Crippen molar-refractivity contribution in [3.8, 4) is 0 Å². The molecule has 0 aliphatic rings. The minimum atomic E-state index is 0.267. The van der Waals surface area contributed by atoms with E-state index in [9.17, 15) is 0 Å². The highest BCUT2D eigenvalue weighted by Gasteiger charge is 2.04. The van der Waals surface area contributed by atoms with E-state index in [0.717, 1.165) is 42.8 Å². The maximum absolute atomic E-state index is 9.11. The number of aryl methyl sites for hydroxylation is 1. The van der Waals surface area contributed by atoms with Crippen LogP contribution in [-0.4, -0.2) is 34.8 Å².